The summed E-state index contributed by atoms with van der Waals surface area (Å²) >= 11 is 0. The molecule has 14 heavy (non-hydrogen) atoms. The van der Waals surface area contributed by atoms with Gasteiger partial charge >= 0.3 is 0 Å². The van der Waals surface area contributed by atoms with Crippen molar-refractivity contribution < 1.29 is 4.79 Å². The Hall–Kier alpha value is -1.39. The number of rotatable bonds is 4. The van der Waals surface area contributed by atoms with E-state index in [1.807, 2.05) is 0 Å². The minimum atomic E-state index is -0.503. The molecule has 0 saturated heterocycles. The molecule has 1 aromatic heterocycles. The molecular weight excluding hydrogens is 180 g/mol. The van der Waals surface area contributed by atoms with Crippen molar-refractivity contribution in [3.05, 3.63) is 11.4 Å². The Balaban J connectivity index is 2.83. The molecule has 0 aliphatic heterocycles. The Morgan fingerprint density at radius 1 is 1.57 bits per heavy atom. The van der Waals surface area contributed by atoms with Crippen LogP contribution in [0.2, 0.25) is 0 Å². The van der Waals surface area contributed by atoms with Gasteiger partial charge in [-0.25, -0.2) is 0 Å². The zero-order chi connectivity index (χ0) is 10.7. The summed E-state index contributed by atoms with van der Waals surface area (Å²) in [5.41, 5.74) is 6.30. The molecule has 2 N–H and O–H groups in total. The Labute approximate surface area is 83.3 Å². The van der Waals surface area contributed by atoms with Crippen LogP contribution >= 0.6 is 0 Å². The molecule has 0 aromatic carbocycles. The number of nitrogens with zero attached hydrogens (tertiary/aromatic N) is 3. The minimum Gasteiger partial charge on any atom is -0.364 e. The van der Waals surface area contributed by atoms with Crippen LogP contribution in [0.25, 0.3) is 0 Å². The Bertz CT molecular complexity index is 330. The first-order valence-corrected chi connectivity index (χ1v) is 4.70. The predicted molar refractivity (Wildman–Crippen MR) is 52.7 cm³/mol. The maximum atomic E-state index is 11.0. The Morgan fingerprint density at radius 3 is 2.71 bits per heavy atom. The van der Waals surface area contributed by atoms with Crippen molar-refractivity contribution in [3.63, 3.8) is 0 Å². The summed E-state index contributed by atoms with van der Waals surface area (Å²) in [5, 5.41) is 7.51. The second-order valence-electron chi connectivity index (χ2n) is 3.81. The van der Waals surface area contributed by atoms with E-state index in [9.17, 15) is 4.79 Å². The number of hydrogen-bond donors (Lipinski definition) is 1. The van der Waals surface area contributed by atoms with E-state index in [2.05, 4.69) is 24.2 Å². The van der Waals surface area contributed by atoms with Gasteiger partial charge in [0.1, 0.15) is 0 Å². The number of nitrogens with two attached hydrogens (primary N) is 1. The van der Waals surface area contributed by atoms with Gasteiger partial charge in [-0.3, -0.25) is 9.48 Å². The molecule has 78 valence electrons. The number of primary amides is 1. The van der Waals surface area contributed by atoms with E-state index >= 15 is 0 Å². The number of amides is 1. The van der Waals surface area contributed by atoms with E-state index in [0.717, 1.165) is 18.5 Å². The topological polar surface area (TPSA) is 73.8 Å². The average molecular weight is 196 g/mol. The molecule has 5 heteroatoms. The first kappa shape index (κ1) is 10.7. The summed E-state index contributed by atoms with van der Waals surface area (Å²) in [6, 6.07) is 0. The third-order valence-corrected chi connectivity index (χ3v) is 2.13. The van der Waals surface area contributed by atoms with Gasteiger partial charge in [0.15, 0.2) is 5.69 Å². The molecule has 1 rings (SSSR count). The molecule has 0 spiro atoms. The number of hydrogen-bond acceptors (Lipinski definition) is 3. The Kier molecular flexibility index (Phi) is 3.22. The molecule has 0 aliphatic carbocycles. The SMILES string of the molecule is CC(C)CCc1c(C(N)=O)nnn1C. The first-order chi connectivity index (χ1) is 6.52. The van der Waals surface area contributed by atoms with E-state index in [1.165, 1.54) is 0 Å². The van der Waals surface area contributed by atoms with Gasteiger partial charge in [0, 0.05) is 7.05 Å². The summed E-state index contributed by atoms with van der Waals surface area (Å²) in [4.78, 5) is 11.0. The Morgan fingerprint density at radius 2 is 2.21 bits per heavy atom. The van der Waals surface area contributed by atoms with Gasteiger partial charge < -0.3 is 5.73 Å². The lowest BCUT2D eigenvalue weighted by Crippen LogP contribution is -2.15. The van der Waals surface area contributed by atoms with Gasteiger partial charge in [0.25, 0.3) is 5.91 Å². The molecule has 0 atom stereocenters. The fraction of sp³-hybridized carbons (Fsp3) is 0.667. The highest BCUT2D eigenvalue weighted by atomic mass is 16.1. The van der Waals surface area contributed by atoms with Crippen LogP contribution in [0.4, 0.5) is 0 Å². The smallest absolute Gasteiger partial charge is 0.271 e. The van der Waals surface area contributed by atoms with E-state index in [4.69, 9.17) is 5.73 Å². The van der Waals surface area contributed by atoms with Gasteiger partial charge in [-0.2, -0.15) is 0 Å². The lowest BCUT2D eigenvalue weighted by atomic mass is 10.1. The highest BCUT2D eigenvalue weighted by molar-refractivity contribution is 5.91. The van der Waals surface area contributed by atoms with Gasteiger partial charge in [-0.1, -0.05) is 19.1 Å². The quantitative estimate of drug-likeness (QED) is 0.762. The first-order valence-electron chi connectivity index (χ1n) is 4.70. The van der Waals surface area contributed by atoms with Crippen molar-refractivity contribution in [2.24, 2.45) is 18.7 Å². The zero-order valence-corrected chi connectivity index (χ0v) is 8.82. The molecule has 0 fully saturated rings. The molecule has 0 radical (unpaired) electrons. The van der Waals surface area contributed by atoms with E-state index in [-0.39, 0.29) is 0 Å². The molecule has 0 unspecified atom stereocenters. The van der Waals surface area contributed by atoms with Gasteiger partial charge in [-0.05, 0) is 18.8 Å². The normalized spacial score (nSPS) is 10.9. The number of carbonyl (C=O) groups is 1. The standard InChI is InChI=1S/C9H16N4O/c1-6(2)4-5-7-8(9(10)14)11-12-13(7)3/h6H,4-5H2,1-3H3,(H2,10,14). The summed E-state index contributed by atoms with van der Waals surface area (Å²) in [6.45, 7) is 4.27. The molecule has 0 bridgehead atoms. The summed E-state index contributed by atoms with van der Waals surface area (Å²) in [6.07, 6.45) is 1.79. The van der Waals surface area contributed by atoms with E-state index < -0.39 is 5.91 Å². The zero-order valence-electron chi connectivity index (χ0n) is 8.82. The molecule has 1 amide bonds. The molecule has 1 aromatic rings. The second-order valence-corrected chi connectivity index (χ2v) is 3.81. The lowest BCUT2D eigenvalue weighted by molar-refractivity contribution is 0.0994. The van der Waals surface area contributed by atoms with Crippen molar-refractivity contribution >= 4 is 5.91 Å². The second kappa shape index (κ2) is 4.21. The monoisotopic (exact) mass is 196 g/mol. The molecule has 0 saturated carbocycles. The summed E-state index contributed by atoms with van der Waals surface area (Å²) in [7, 11) is 1.77. The van der Waals surface area contributed by atoms with Crippen LogP contribution in [0.3, 0.4) is 0 Å². The third-order valence-electron chi connectivity index (χ3n) is 2.13. The maximum absolute atomic E-state index is 11.0. The fourth-order valence-electron chi connectivity index (χ4n) is 1.27. The van der Waals surface area contributed by atoms with Crippen LogP contribution in [0.1, 0.15) is 36.5 Å². The van der Waals surface area contributed by atoms with Crippen molar-refractivity contribution in [1.82, 2.24) is 15.0 Å². The molecule has 5 nitrogen and oxygen atoms in total. The van der Waals surface area contributed by atoms with Crippen LogP contribution < -0.4 is 5.73 Å². The average Bonchev–Trinajstić information content (AvgIpc) is 2.43. The summed E-state index contributed by atoms with van der Waals surface area (Å²) in [5.74, 6) is 0.0856. The predicted octanol–water partition coefficient (Wildman–Crippen LogP) is 0.503. The van der Waals surface area contributed by atoms with Gasteiger partial charge in [0.2, 0.25) is 0 Å². The van der Waals surface area contributed by atoms with Crippen molar-refractivity contribution in [2.45, 2.75) is 26.7 Å². The van der Waals surface area contributed by atoms with Crippen LogP contribution in [-0.2, 0) is 13.5 Å². The van der Waals surface area contributed by atoms with Crippen molar-refractivity contribution in [2.75, 3.05) is 0 Å². The van der Waals surface area contributed by atoms with Crippen LogP contribution in [0, 0.1) is 5.92 Å². The highest BCUT2D eigenvalue weighted by Gasteiger charge is 2.15. The fourth-order valence-corrected chi connectivity index (χ4v) is 1.27. The maximum Gasteiger partial charge on any atom is 0.271 e. The van der Waals surface area contributed by atoms with Gasteiger partial charge in [0.05, 0.1) is 5.69 Å². The van der Waals surface area contributed by atoms with Gasteiger partial charge in [-0.15, -0.1) is 5.10 Å². The number of carbonyl (C=O) groups excluding carboxylic acids is 1. The van der Waals surface area contributed by atoms with Crippen molar-refractivity contribution in [3.8, 4) is 0 Å². The van der Waals surface area contributed by atoms with Crippen molar-refractivity contribution in [1.29, 1.82) is 0 Å². The van der Waals surface area contributed by atoms with E-state index in [0.29, 0.717) is 11.6 Å². The number of aromatic nitrogens is 3. The number of aryl methyl sites for hydroxylation is 1. The molecule has 1 heterocycles. The molecule has 0 aliphatic rings. The minimum absolute atomic E-state index is 0.299. The van der Waals surface area contributed by atoms with Crippen LogP contribution in [0.5, 0.6) is 0 Å². The highest BCUT2D eigenvalue weighted by Crippen LogP contribution is 2.10. The largest absolute Gasteiger partial charge is 0.364 e. The summed E-state index contributed by atoms with van der Waals surface area (Å²) < 4.78 is 1.61. The van der Waals surface area contributed by atoms with E-state index in [1.54, 1.807) is 11.7 Å². The lowest BCUT2D eigenvalue weighted by Gasteiger charge is -2.04. The third kappa shape index (κ3) is 2.31. The molecular formula is C9H16N4O. The van der Waals surface area contributed by atoms with Crippen LogP contribution in [-0.4, -0.2) is 20.9 Å². The van der Waals surface area contributed by atoms with Crippen LogP contribution in [0.15, 0.2) is 0 Å².